The Morgan fingerprint density at radius 2 is 0.957 bits per heavy atom. The largest absolute Gasteiger partial charge is 1.00 e. The molecule has 1 unspecified atom stereocenters. The molecule has 1 amide bonds. The van der Waals surface area contributed by atoms with Crippen LogP contribution in [0.1, 0.15) is 146 Å². The summed E-state index contributed by atoms with van der Waals surface area (Å²) < 4.78 is 115. The van der Waals surface area contributed by atoms with Gasteiger partial charge in [-0.2, -0.15) is 39.5 Å². The van der Waals surface area contributed by atoms with Crippen LogP contribution < -0.4 is 29.3 Å². The fourth-order valence-corrected chi connectivity index (χ4v) is 4.93. The van der Waals surface area contributed by atoms with Crippen LogP contribution in [0.5, 0.6) is 0 Å². The van der Waals surface area contributed by atoms with E-state index in [0.717, 1.165) is 57.2 Å². The third-order valence-electron chi connectivity index (χ3n) is 9.92. The van der Waals surface area contributed by atoms with Gasteiger partial charge in [-0.3, -0.25) is 29.4 Å². The first-order chi connectivity index (χ1) is 29.6. The molecule has 402 valence electrons. The van der Waals surface area contributed by atoms with Gasteiger partial charge < -0.3 is 15.3 Å². The molecule has 0 spiro atoms. The molecular formula is C49H82F9LiN6O5. The maximum Gasteiger partial charge on any atom is 1.00 e. The molecule has 3 aromatic heterocycles. The zero-order chi connectivity index (χ0) is 52.4. The minimum atomic E-state index is -4.41. The fraction of sp³-hybridized carbons (Fsp3) is 0.653. The van der Waals surface area contributed by atoms with Gasteiger partial charge in [0.1, 0.15) is 22.0 Å². The van der Waals surface area contributed by atoms with E-state index in [1.807, 2.05) is 0 Å². The molecule has 1 atom stereocenters. The molecule has 0 saturated carbocycles. The van der Waals surface area contributed by atoms with Crippen LogP contribution in [0.3, 0.4) is 0 Å². The third kappa shape index (κ3) is 26.7. The zero-order valence-corrected chi connectivity index (χ0v) is 42.4. The number of rotatable bonds is 12. The molecule has 0 aliphatic heterocycles. The van der Waals surface area contributed by atoms with Crippen LogP contribution in [0, 0.1) is 6.92 Å². The van der Waals surface area contributed by atoms with Gasteiger partial charge in [0.15, 0.2) is 0 Å². The van der Waals surface area contributed by atoms with Gasteiger partial charge in [-0.1, -0.05) is 56.9 Å². The van der Waals surface area contributed by atoms with E-state index in [0.29, 0.717) is 23.2 Å². The number of aryl methyl sites for hydroxylation is 1. The molecule has 3 heterocycles. The summed E-state index contributed by atoms with van der Waals surface area (Å²) in [5.41, 5.74) is -5.85. The molecule has 0 aliphatic carbocycles. The van der Waals surface area contributed by atoms with Crippen molar-refractivity contribution in [2.75, 3.05) is 28.3 Å². The predicted octanol–water partition coefficient (Wildman–Crippen LogP) is 8.65. The number of carbonyl (C=O) groups excluding carboxylic acids is 2. The summed E-state index contributed by atoms with van der Waals surface area (Å²) in [6.07, 6.45) is -8.92. The Morgan fingerprint density at radius 3 is 1.21 bits per heavy atom. The fourth-order valence-electron chi connectivity index (χ4n) is 4.93. The Labute approximate surface area is 425 Å². The van der Waals surface area contributed by atoms with E-state index in [4.69, 9.17) is 4.84 Å². The van der Waals surface area contributed by atoms with Crippen molar-refractivity contribution in [1.29, 1.82) is 0 Å². The van der Waals surface area contributed by atoms with Crippen molar-refractivity contribution in [3.05, 3.63) is 88.8 Å². The number of nitrogens with zero attached hydrogens (tertiary/aromatic N) is 5. The Balaban J connectivity index is -0.000000190. The Morgan fingerprint density at radius 1 is 0.629 bits per heavy atom. The van der Waals surface area contributed by atoms with E-state index in [2.05, 4.69) is 52.8 Å². The predicted molar refractivity (Wildman–Crippen MR) is 255 cm³/mol. The number of pyridine rings is 3. The first-order valence-corrected chi connectivity index (χ1v) is 20.7. The van der Waals surface area contributed by atoms with Gasteiger partial charge in [-0.25, -0.2) is 10.1 Å². The number of carbonyl (C=O) groups is 2. The molecule has 21 heteroatoms. The molecule has 0 radical (unpaired) electrons. The number of halogens is 9. The Kier molecular flexibility index (Phi) is 36.1. The molecule has 3 aromatic rings. The third-order valence-corrected chi connectivity index (χ3v) is 9.92. The minimum Gasteiger partial charge on any atom is -0.836 e. The van der Waals surface area contributed by atoms with Crippen molar-refractivity contribution in [1.82, 2.24) is 30.4 Å². The van der Waals surface area contributed by atoms with Crippen molar-refractivity contribution in [2.24, 2.45) is 0 Å². The van der Waals surface area contributed by atoms with E-state index < -0.39 is 40.5 Å². The molecule has 3 rings (SSSR count). The smallest absolute Gasteiger partial charge is 0.836 e. The average Bonchev–Trinajstić information content (AvgIpc) is 3.16. The Hall–Kier alpha value is -3.64. The first kappa shape index (κ1) is 77.8. The molecule has 0 bridgehead atoms. The number of ketones is 1. The summed E-state index contributed by atoms with van der Waals surface area (Å²) in [5.74, 6) is -0.186. The summed E-state index contributed by atoms with van der Waals surface area (Å²) in [7, 11) is 5.85. The van der Waals surface area contributed by atoms with Gasteiger partial charge in [0, 0.05) is 58.1 Å². The van der Waals surface area contributed by atoms with Crippen LogP contribution >= 0.6 is 0 Å². The zero-order valence-electron chi connectivity index (χ0n) is 42.4. The van der Waals surface area contributed by atoms with Gasteiger partial charge in [-0.05, 0) is 121 Å². The van der Waals surface area contributed by atoms with Crippen molar-refractivity contribution < 1.29 is 82.7 Å². The van der Waals surface area contributed by atoms with Crippen LogP contribution in [-0.2, 0) is 48.4 Å². The average molecular weight is 1010 g/mol. The van der Waals surface area contributed by atoms with Crippen molar-refractivity contribution in [3.8, 4) is 0 Å². The molecule has 70 heavy (non-hydrogen) atoms. The number of Topliss-reactive ketones (excluding diaryl/α,β-unsaturated/α-hetero) is 1. The summed E-state index contributed by atoms with van der Waals surface area (Å²) in [4.78, 5) is 41.8. The topological polar surface area (TPSA) is 133 Å². The van der Waals surface area contributed by atoms with Crippen molar-refractivity contribution >= 4 is 11.7 Å². The minimum absolute atomic E-state index is 0. The monoisotopic (exact) mass is 1010 g/mol. The van der Waals surface area contributed by atoms with Gasteiger partial charge in [0.2, 0.25) is 5.91 Å². The summed E-state index contributed by atoms with van der Waals surface area (Å²) >= 11 is 0. The molecule has 0 fully saturated rings. The van der Waals surface area contributed by atoms with Crippen molar-refractivity contribution in [3.63, 3.8) is 0 Å². The van der Waals surface area contributed by atoms with Gasteiger partial charge in [-0.15, -0.1) is 0 Å². The molecule has 0 aliphatic rings. The molecule has 0 saturated heterocycles. The van der Waals surface area contributed by atoms with Crippen LogP contribution in [0.2, 0.25) is 0 Å². The van der Waals surface area contributed by atoms with E-state index in [9.17, 15) is 54.2 Å². The second-order valence-corrected chi connectivity index (χ2v) is 17.8. The maximum absolute atomic E-state index is 13.0. The molecule has 1 N–H and O–H groups in total. The number of aromatic nitrogens is 3. The van der Waals surface area contributed by atoms with Crippen LogP contribution in [0.4, 0.5) is 39.5 Å². The van der Waals surface area contributed by atoms with Crippen LogP contribution in [0.25, 0.3) is 0 Å². The van der Waals surface area contributed by atoms with E-state index >= 15 is 0 Å². The maximum atomic E-state index is 13.0. The van der Waals surface area contributed by atoms with E-state index in [1.165, 1.54) is 84.9 Å². The summed E-state index contributed by atoms with van der Waals surface area (Å²) in [5, 5.41) is 17.9. The van der Waals surface area contributed by atoms with Crippen LogP contribution in [0.15, 0.2) is 55.0 Å². The van der Waals surface area contributed by atoms with E-state index in [-0.39, 0.29) is 82.8 Å². The number of hydroxylamine groups is 4. The summed E-state index contributed by atoms with van der Waals surface area (Å²) in [6, 6.07) is 10.2. The number of amides is 1. The number of likely N-dealkylation sites (N-methyl/N-ethyl adjacent to an activating group) is 1. The number of nitrogens with one attached hydrogen (secondary N) is 1. The van der Waals surface area contributed by atoms with Crippen molar-refractivity contribution in [2.45, 2.75) is 185 Å². The quantitative estimate of drug-likeness (QED) is 0.0814. The number of hydrogen-bond acceptors (Lipinski definition) is 10. The number of alkyl halides is 9. The SMILES string of the molecule is C.C.C.CC(=O)Cc1ccnc(C(C)(C)C(F)(F)F)c1.CC(C)NC(C)C.CON(C)C(C)([O-])Cc1ccnc(C(C)(C)C(F)(F)F)c1.CON(C)C(C)=O.Cc1ccnc(C(C)(C)C(F)(F)F)c1.[Li+]. The second kappa shape index (κ2) is 32.4. The number of hydrogen-bond donors (Lipinski definition) is 1. The Bertz CT molecular complexity index is 1920. The molecule has 0 aromatic carbocycles. The standard InChI is InChI=1S/C14H20F3N2O2.C12H14F3NO.C10H12F3N.C6H15N.C4H9NO2.3CH4.Li/c1-12(2,14(15,16)17)11-8-10(6-7-18-11)9-13(3,20)19(4)21-5;1-8(17)6-9-4-5-16-10(7-9)11(2,3)12(13,14)15;1-7-4-5-14-8(6-7)9(2,3)10(11,12)13;1-5(2)7-6(3)4;1-4(6)5(2)7-3;;;;/h6-8H,9H2,1-5H3;4-5,7H,6H2,1-3H3;4-6H,1-3H3;5-7H,1-4H3;1-3H3;3*1H4;/q-1;;;;;;;;+1. The van der Waals surface area contributed by atoms with E-state index in [1.54, 1.807) is 26.1 Å². The first-order valence-electron chi connectivity index (χ1n) is 20.7. The van der Waals surface area contributed by atoms with Gasteiger partial charge in [0.25, 0.3) is 0 Å². The normalized spacial score (nSPS) is 12.4. The molecular weight excluding hydrogens is 930 g/mol. The van der Waals surface area contributed by atoms with Gasteiger partial charge in [0.05, 0.1) is 31.3 Å². The summed E-state index contributed by atoms with van der Waals surface area (Å²) in [6.45, 7) is 21.2. The van der Waals surface area contributed by atoms with Gasteiger partial charge >= 0.3 is 37.4 Å². The second-order valence-electron chi connectivity index (χ2n) is 17.8. The molecule has 11 nitrogen and oxygen atoms in total. The van der Waals surface area contributed by atoms with Crippen LogP contribution in [-0.4, -0.2) is 101 Å².